The molecule has 0 amide bonds. The summed E-state index contributed by atoms with van der Waals surface area (Å²) in [6.45, 7) is 4.81. The number of methoxy groups -OCH3 is 1. The number of hydrogen-bond acceptors (Lipinski definition) is 6. The molecule has 1 heterocycles. The van der Waals surface area contributed by atoms with Gasteiger partial charge in [0.2, 0.25) is 0 Å². The standard InChI is InChI=1S/C16H20N2O4S/c1-4-8-22-13-11(6-5-7-12(13)21-3)9-17-16-18-10(2)14(23-16)15(19)20/h5-7H,4,8-9H2,1-3H3,(H,17,18)(H,19,20). The van der Waals surface area contributed by atoms with Gasteiger partial charge in [-0.25, -0.2) is 9.78 Å². The Kier molecular flexibility index (Phi) is 5.81. The Hall–Kier alpha value is -2.28. The molecule has 0 saturated carbocycles. The first-order valence-corrected chi connectivity index (χ1v) is 8.11. The maximum absolute atomic E-state index is 11.1. The lowest BCUT2D eigenvalue weighted by Crippen LogP contribution is -2.05. The Labute approximate surface area is 139 Å². The largest absolute Gasteiger partial charge is 0.493 e. The number of para-hydroxylation sites is 1. The Balaban J connectivity index is 2.16. The second-order valence-corrected chi connectivity index (χ2v) is 5.89. The van der Waals surface area contributed by atoms with Crippen LogP contribution in [-0.4, -0.2) is 29.8 Å². The van der Waals surface area contributed by atoms with Crippen molar-refractivity contribution in [2.75, 3.05) is 19.0 Å². The van der Waals surface area contributed by atoms with Crippen LogP contribution in [0.3, 0.4) is 0 Å². The summed E-state index contributed by atoms with van der Waals surface area (Å²) in [6, 6.07) is 5.69. The van der Waals surface area contributed by atoms with E-state index in [1.165, 1.54) is 0 Å². The van der Waals surface area contributed by atoms with E-state index in [9.17, 15) is 4.79 Å². The van der Waals surface area contributed by atoms with Gasteiger partial charge in [0.1, 0.15) is 4.88 Å². The van der Waals surface area contributed by atoms with Gasteiger partial charge in [-0.05, 0) is 19.4 Å². The third-order valence-corrected chi connectivity index (χ3v) is 4.25. The van der Waals surface area contributed by atoms with E-state index in [2.05, 4.69) is 10.3 Å². The minimum atomic E-state index is -0.957. The van der Waals surface area contributed by atoms with Crippen molar-refractivity contribution >= 4 is 22.4 Å². The molecule has 2 aromatic rings. The molecule has 0 unspecified atom stereocenters. The zero-order valence-electron chi connectivity index (χ0n) is 13.4. The quantitative estimate of drug-likeness (QED) is 0.767. The molecule has 0 aliphatic carbocycles. The summed E-state index contributed by atoms with van der Waals surface area (Å²) >= 11 is 1.13. The van der Waals surface area contributed by atoms with E-state index in [0.717, 1.165) is 23.3 Å². The van der Waals surface area contributed by atoms with Gasteiger partial charge in [-0.1, -0.05) is 30.4 Å². The SMILES string of the molecule is CCCOc1c(CNc2nc(C)c(C(=O)O)s2)cccc1OC. The highest BCUT2D eigenvalue weighted by Crippen LogP contribution is 2.32. The minimum absolute atomic E-state index is 0.251. The molecule has 0 spiro atoms. The normalized spacial score (nSPS) is 10.4. The smallest absolute Gasteiger partial charge is 0.347 e. The number of aromatic carboxylic acids is 1. The molecule has 124 valence electrons. The number of nitrogens with one attached hydrogen (secondary N) is 1. The van der Waals surface area contributed by atoms with E-state index >= 15 is 0 Å². The zero-order valence-corrected chi connectivity index (χ0v) is 14.2. The third kappa shape index (κ3) is 4.13. The molecule has 2 rings (SSSR count). The molecule has 0 aliphatic heterocycles. The van der Waals surface area contributed by atoms with Crippen molar-refractivity contribution in [1.29, 1.82) is 0 Å². The second-order valence-electron chi connectivity index (χ2n) is 4.89. The molecule has 1 aromatic heterocycles. The van der Waals surface area contributed by atoms with Crippen LogP contribution in [0.5, 0.6) is 11.5 Å². The van der Waals surface area contributed by atoms with Gasteiger partial charge in [0.15, 0.2) is 16.6 Å². The number of nitrogens with zero attached hydrogens (tertiary/aromatic N) is 1. The highest BCUT2D eigenvalue weighted by molar-refractivity contribution is 7.17. The van der Waals surface area contributed by atoms with E-state index in [-0.39, 0.29) is 4.88 Å². The molecule has 7 heteroatoms. The Bertz CT molecular complexity index is 685. The summed E-state index contributed by atoms with van der Waals surface area (Å²) in [7, 11) is 1.61. The fourth-order valence-electron chi connectivity index (χ4n) is 2.07. The monoisotopic (exact) mass is 336 g/mol. The first-order chi connectivity index (χ1) is 11.1. The predicted molar refractivity (Wildman–Crippen MR) is 89.9 cm³/mol. The van der Waals surface area contributed by atoms with Crippen LogP contribution in [0.2, 0.25) is 0 Å². The molecule has 0 fully saturated rings. The molecule has 23 heavy (non-hydrogen) atoms. The van der Waals surface area contributed by atoms with E-state index < -0.39 is 5.97 Å². The van der Waals surface area contributed by atoms with Gasteiger partial charge in [-0.15, -0.1) is 0 Å². The van der Waals surface area contributed by atoms with Crippen LogP contribution in [-0.2, 0) is 6.54 Å². The van der Waals surface area contributed by atoms with Gasteiger partial charge in [0.25, 0.3) is 0 Å². The summed E-state index contributed by atoms with van der Waals surface area (Å²) in [5, 5.41) is 12.8. The maximum atomic E-state index is 11.1. The lowest BCUT2D eigenvalue weighted by atomic mass is 10.2. The number of hydrogen-bond donors (Lipinski definition) is 2. The van der Waals surface area contributed by atoms with Crippen molar-refractivity contribution in [3.8, 4) is 11.5 Å². The fourth-order valence-corrected chi connectivity index (χ4v) is 2.87. The number of aryl methyl sites for hydroxylation is 1. The van der Waals surface area contributed by atoms with Crippen LogP contribution in [0, 0.1) is 6.92 Å². The van der Waals surface area contributed by atoms with Crippen molar-refractivity contribution in [1.82, 2.24) is 4.98 Å². The van der Waals surface area contributed by atoms with E-state index in [0.29, 0.717) is 35.5 Å². The number of aromatic nitrogens is 1. The van der Waals surface area contributed by atoms with Crippen LogP contribution in [0.25, 0.3) is 0 Å². The summed E-state index contributed by atoms with van der Waals surface area (Å²) < 4.78 is 11.1. The molecular weight excluding hydrogens is 316 g/mol. The summed E-state index contributed by atoms with van der Waals surface area (Å²) in [6.07, 6.45) is 0.901. The molecule has 0 bridgehead atoms. The number of ether oxygens (including phenoxy) is 2. The number of anilines is 1. The van der Waals surface area contributed by atoms with Crippen LogP contribution in [0.4, 0.5) is 5.13 Å². The molecule has 2 N–H and O–H groups in total. The lowest BCUT2D eigenvalue weighted by Gasteiger charge is -2.14. The van der Waals surface area contributed by atoms with Crippen LogP contribution in [0.1, 0.15) is 34.3 Å². The highest BCUT2D eigenvalue weighted by Gasteiger charge is 2.15. The van der Waals surface area contributed by atoms with Crippen molar-refractivity contribution in [3.05, 3.63) is 34.3 Å². The van der Waals surface area contributed by atoms with Gasteiger partial charge < -0.3 is 19.9 Å². The van der Waals surface area contributed by atoms with Crippen molar-refractivity contribution < 1.29 is 19.4 Å². The van der Waals surface area contributed by atoms with Crippen molar-refractivity contribution in [2.24, 2.45) is 0 Å². The number of carboxylic acid groups (broad SMARTS) is 1. The molecule has 0 atom stereocenters. The molecule has 0 aliphatic rings. The van der Waals surface area contributed by atoms with Crippen LogP contribution >= 0.6 is 11.3 Å². The average Bonchev–Trinajstić information content (AvgIpc) is 2.92. The number of rotatable bonds is 8. The van der Waals surface area contributed by atoms with Gasteiger partial charge in [-0.2, -0.15) is 0 Å². The van der Waals surface area contributed by atoms with Crippen molar-refractivity contribution in [3.63, 3.8) is 0 Å². The van der Waals surface area contributed by atoms with Gasteiger partial charge >= 0.3 is 5.97 Å². The van der Waals surface area contributed by atoms with E-state index in [1.54, 1.807) is 14.0 Å². The predicted octanol–water partition coefficient (Wildman–Crippen LogP) is 3.56. The summed E-state index contributed by atoms with van der Waals surface area (Å²) in [5.41, 5.74) is 1.45. The van der Waals surface area contributed by atoms with Crippen molar-refractivity contribution in [2.45, 2.75) is 26.8 Å². The third-order valence-electron chi connectivity index (χ3n) is 3.15. The molecule has 1 aromatic carbocycles. The Morgan fingerprint density at radius 1 is 1.43 bits per heavy atom. The number of carboxylic acids is 1. The summed E-state index contributed by atoms with van der Waals surface area (Å²) in [5.74, 6) is 0.428. The van der Waals surface area contributed by atoms with Crippen LogP contribution < -0.4 is 14.8 Å². The summed E-state index contributed by atoms with van der Waals surface area (Å²) in [4.78, 5) is 15.6. The maximum Gasteiger partial charge on any atom is 0.347 e. The second kappa shape index (κ2) is 7.82. The van der Waals surface area contributed by atoms with E-state index in [1.807, 2.05) is 25.1 Å². The highest BCUT2D eigenvalue weighted by atomic mass is 32.1. The average molecular weight is 336 g/mol. The van der Waals surface area contributed by atoms with Gasteiger partial charge in [-0.3, -0.25) is 0 Å². The topological polar surface area (TPSA) is 80.7 Å². The van der Waals surface area contributed by atoms with E-state index in [4.69, 9.17) is 14.6 Å². The fraction of sp³-hybridized carbons (Fsp3) is 0.375. The van der Waals surface area contributed by atoms with Gasteiger partial charge in [0, 0.05) is 12.1 Å². The molecule has 0 saturated heterocycles. The van der Waals surface area contributed by atoms with Crippen LogP contribution in [0.15, 0.2) is 18.2 Å². The number of carbonyl (C=O) groups is 1. The number of thiazole rings is 1. The zero-order chi connectivity index (χ0) is 16.8. The number of benzene rings is 1. The Morgan fingerprint density at radius 3 is 2.83 bits per heavy atom. The first-order valence-electron chi connectivity index (χ1n) is 7.30. The minimum Gasteiger partial charge on any atom is -0.493 e. The Morgan fingerprint density at radius 2 is 2.22 bits per heavy atom. The molecule has 0 radical (unpaired) electrons. The molecule has 6 nitrogen and oxygen atoms in total. The lowest BCUT2D eigenvalue weighted by molar-refractivity contribution is 0.0701. The molecular formula is C16H20N2O4S. The first kappa shape index (κ1) is 17.1. The van der Waals surface area contributed by atoms with Gasteiger partial charge in [0.05, 0.1) is 19.4 Å².